The molecule has 1 fully saturated rings. The van der Waals surface area contributed by atoms with Gasteiger partial charge in [0.25, 0.3) is 0 Å². The van der Waals surface area contributed by atoms with Crippen molar-refractivity contribution in [2.45, 2.75) is 38.0 Å². The number of aliphatic hydroxyl groups excluding tert-OH is 1. The Hall–Kier alpha value is -0.900. The van der Waals surface area contributed by atoms with Crippen molar-refractivity contribution in [3.8, 4) is 0 Å². The molecule has 0 spiro atoms. The SMILES string of the molecule is COCc1cccc(CNC2(CO)CCC2)c1. The molecule has 0 bridgehead atoms. The highest BCUT2D eigenvalue weighted by atomic mass is 16.5. The molecule has 0 atom stereocenters. The van der Waals surface area contributed by atoms with E-state index in [0.717, 1.165) is 19.4 Å². The summed E-state index contributed by atoms with van der Waals surface area (Å²) >= 11 is 0. The molecule has 1 aromatic rings. The molecule has 0 radical (unpaired) electrons. The topological polar surface area (TPSA) is 41.5 Å². The van der Waals surface area contributed by atoms with Crippen LogP contribution in [0.25, 0.3) is 0 Å². The zero-order chi connectivity index (χ0) is 12.1. The molecule has 0 aliphatic heterocycles. The third-order valence-electron chi connectivity index (χ3n) is 3.58. The molecule has 3 heteroatoms. The molecule has 1 saturated carbocycles. The lowest BCUT2D eigenvalue weighted by Crippen LogP contribution is -2.53. The third-order valence-corrected chi connectivity index (χ3v) is 3.58. The van der Waals surface area contributed by atoms with Gasteiger partial charge in [0, 0.05) is 19.2 Å². The Morgan fingerprint density at radius 2 is 2.12 bits per heavy atom. The average molecular weight is 235 g/mol. The summed E-state index contributed by atoms with van der Waals surface area (Å²) < 4.78 is 5.12. The van der Waals surface area contributed by atoms with Crippen molar-refractivity contribution in [3.63, 3.8) is 0 Å². The van der Waals surface area contributed by atoms with Crippen LogP contribution in [0, 0.1) is 0 Å². The van der Waals surface area contributed by atoms with Crippen molar-refractivity contribution in [2.75, 3.05) is 13.7 Å². The minimum atomic E-state index is -0.0166. The number of rotatable bonds is 6. The molecule has 0 saturated heterocycles. The Morgan fingerprint density at radius 1 is 1.35 bits per heavy atom. The molecule has 1 aromatic carbocycles. The maximum absolute atomic E-state index is 9.37. The average Bonchev–Trinajstić information content (AvgIpc) is 2.29. The normalized spacial score (nSPS) is 17.8. The summed E-state index contributed by atoms with van der Waals surface area (Å²) in [6.45, 7) is 1.71. The third kappa shape index (κ3) is 3.06. The van der Waals surface area contributed by atoms with E-state index >= 15 is 0 Å². The van der Waals surface area contributed by atoms with E-state index in [2.05, 4.69) is 29.6 Å². The lowest BCUT2D eigenvalue weighted by atomic mass is 9.77. The van der Waals surface area contributed by atoms with Gasteiger partial charge in [0.05, 0.1) is 13.2 Å². The second-order valence-corrected chi connectivity index (χ2v) is 4.90. The van der Waals surface area contributed by atoms with Gasteiger partial charge in [-0.1, -0.05) is 24.3 Å². The van der Waals surface area contributed by atoms with Gasteiger partial charge in [0.2, 0.25) is 0 Å². The largest absolute Gasteiger partial charge is 0.394 e. The summed E-state index contributed by atoms with van der Waals surface area (Å²) in [5, 5.41) is 12.8. The molecule has 2 rings (SSSR count). The van der Waals surface area contributed by atoms with Crippen LogP contribution in [0.2, 0.25) is 0 Å². The van der Waals surface area contributed by atoms with Gasteiger partial charge in [-0.2, -0.15) is 0 Å². The number of benzene rings is 1. The van der Waals surface area contributed by atoms with Crippen LogP contribution in [-0.4, -0.2) is 24.4 Å². The van der Waals surface area contributed by atoms with Crippen molar-refractivity contribution in [1.29, 1.82) is 0 Å². The molecule has 0 aromatic heterocycles. The molecular weight excluding hydrogens is 214 g/mol. The van der Waals surface area contributed by atoms with Crippen LogP contribution >= 0.6 is 0 Å². The summed E-state index contributed by atoms with van der Waals surface area (Å²) in [4.78, 5) is 0. The minimum Gasteiger partial charge on any atom is -0.394 e. The highest BCUT2D eigenvalue weighted by Gasteiger charge is 2.35. The van der Waals surface area contributed by atoms with E-state index in [0.29, 0.717) is 6.61 Å². The van der Waals surface area contributed by atoms with E-state index in [1.807, 2.05) is 0 Å². The Bertz CT molecular complexity index is 355. The van der Waals surface area contributed by atoms with Crippen LogP contribution < -0.4 is 5.32 Å². The van der Waals surface area contributed by atoms with Crippen LogP contribution in [0.15, 0.2) is 24.3 Å². The first kappa shape index (κ1) is 12.6. The van der Waals surface area contributed by atoms with Crippen LogP contribution in [-0.2, 0) is 17.9 Å². The Balaban J connectivity index is 1.92. The molecule has 1 aliphatic carbocycles. The second kappa shape index (κ2) is 5.63. The van der Waals surface area contributed by atoms with Crippen LogP contribution in [0.4, 0.5) is 0 Å². The maximum atomic E-state index is 9.37. The molecule has 94 valence electrons. The molecule has 1 aliphatic rings. The van der Waals surface area contributed by atoms with Crippen molar-refractivity contribution in [1.82, 2.24) is 5.32 Å². The molecule has 0 unspecified atom stereocenters. The van der Waals surface area contributed by atoms with E-state index in [1.165, 1.54) is 17.5 Å². The summed E-state index contributed by atoms with van der Waals surface area (Å²) in [7, 11) is 1.71. The maximum Gasteiger partial charge on any atom is 0.0713 e. The highest BCUT2D eigenvalue weighted by Crippen LogP contribution is 2.31. The zero-order valence-electron chi connectivity index (χ0n) is 10.4. The fourth-order valence-corrected chi connectivity index (χ4v) is 2.28. The molecule has 3 nitrogen and oxygen atoms in total. The van der Waals surface area contributed by atoms with Gasteiger partial charge in [-0.15, -0.1) is 0 Å². The van der Waals surface area contributed by atoms with Gasteiger partial charge in [-0.25, -0.2) is 0 Å². The first-order valence-electron chi connectivity index (χ1n) is 6.21. The van der Waals surface area contributed by atoms with Crippen LogP contribution in [0.3, 0.4) is 0 Å². The van der Waals surface area contributed by atoms with Crippen LogP contribution in [0.5, 0.6) is 0 Å². The van der Waals surface area contributed by atoms with Gasteiger partial charge < -0.3 is 15.2 Å². The molecule has 0 heterocycles. The van der Waals surface area contributed by atoms with E-state index in [-0.39, 0.29) is 12.1 Å². The number of methoxy groups -OCH3 is 1. The monoisotopic (exact) mass is 235 g/mol. The Labute approximate surface area is 103 Å². The zero-order valence-corrected chi connectivity index (χ0v) is 10.4. The minimum absolute atomic E-state index is 0.0166. The number of hydrogen-bond acceptors (Lipinski definition) is 3. The fourth-order valence-electron chi connectivity index (χ4n) is 2.28. The van der Waals surface area contributed by atoms with Gasteiger partial charge in [0.15, 0.2) is 0 Å². The van der Waals surface area contributed by atoms with Gasteiger partial charge in [0.1, 0.15) is 0 Å². The van der Waals surface area contributed by atoms with Gasteiger partial charge in [-0.3, -0.25) is 0 Å². The number of aliphatic hydroxyl groups is 1. The molecule has 2 N–H and O–H groups in total. The Morgan fingerprint density at radius 3 is 2.71 bits per heavy atom. The first-order valence-corrected chi connectivity index (χ1v) is 6.21. The molecular formula is C14H21NO2. The standard InChI is InChI=1S/C14H21NO2/c1-17-10-13-5-2-4-12(8-13)9-15-14(11-16)6-3-7-14/h2,4-5,8,15-16H,3,6-7,9-11H2,1H3. The smallest absolute Gasteiger partial charge is 0.0713 e. The Kier molecular flexibility index (Phi) is 4.15. The van der Waals surface area contributed by atoms with Gasteiger partial charge >= 0.3 is 0 Å². The van der Waals surface area contributed by atoms with Crippen molar-refractivity contribution in [3.05, 3.63) is 35.4 Å². The van der Waals surface area contributed by atoms with E-state index in [9.17, 15) is 5.11 Å². The second-order valence-electron chi connectivity index (χ2n) is 4.90. The van der Waals surface area contributed by atoms with E-state index in [4.69, 9.17) is 4.74 Å². The first-order chi connectivity index (χ1) is 8.28. The van der Waals surface area contributed by atoms with Crippen molar-refractivity contribution in [2.24, 2.45) is 0 Å². The predicted octanol–water partition coefficient (Wildman–Crippen LogP) is 1.84. The summed E-state index contributed by atoms with van der Waals surface area (Å²) in [5.74, 6) is 0. The number of ether oxygens (including phenoxy) is 1. The quantitative estimate of drug-likeness (QED) is 0.790. The van der Waals surface area contributed by atoms with Crippen molar-refractivity contribution < 1.29 is 9.84 Å². The molecule has 0 amide bonds. The van der Waals surface area contributed by atoms with Crippen LogP contribution in [0.1, 0.15) is 30.4 Å². The highest BCUT2D eigenvalue weighted by molar-refractivity contribution is 5.23. The van der Waals surface area contributed by atoms with E-state index < -0.39 is 0 Å². The predicted molar refractivity (Wildman–Crippen MR) is 67.7 cm³/mol. The lowest BCUT2D eigenvalue weighted by Gasteiger charge is -2.41. The number of nitrogens with one attached hydrogen (secondary N) is 1. The fraction of sp³-hybridized carbons (Fsp3) is 0.571. The van der Waals surface area contributed by atoms with Gasteiger partial charge in [-0.05, 0) is 30.4 Å². The van der Waals surface area contributed by atoms with E-state index in [1.54, 1.807) is 7.11 Å². The molecule has 17 heavy (non-hydrogen) atoms. The summed E-state index contributed by atoms with van der Waals surface area (Å²) in [6.07, 6.45) is 3.39. The lowest BCUT2D eigenvalue weighted by molar-refractivity contribution is 0.0872. The summed E-state index contributed by atoms with van der Waals surface area (Å²) in [6, 6.07) is 8.38. The van der Waals surface area contributed by atoms with Crippen molar-refractivity contribution >= 4 is 0 Å². The summed E-state index contributed by atoms with van der Waals surface area (Å²) in [5.41, 5.74) is 2.43. The number of hydrogen-bond donors (Lipinski definition) is 2.